The van der Waals surface area contributed by atoms with Gasteiger partial charge < -0.3 is 20.1 Å². The molecule has 6 heteroatoms. The first-order chi connectivity index (χ1) is 14.5. The van der Waals surface area contributed by atoms with Crippen molar-refractivity contribution in [3.05, 3.63) is 65.9 Å². The van der Waals surface area contributed by atoms with Crippen molar-refractivity contribution in [2.45, 2.75) is 26.3 Å². The molecule has 2 heterocycles. The van der Waals surface area contributed by atoms with Gasteiger partial charge in [0.1, 0.15) is 6.04 Å². The highest BCUT2D eigenvalue weighted by Crippen LogP contribution is 2.21. The fourth-order valence-corrected chi connectivity index (χ4v) is 4.20. The molecule has 0 bridgehead atoms. The third-order valence-corrected chi connectivity index (χ3v) is 5.73. The summed E-state index contributed by atoms with van der Waals surface area (Å²) in [7, 11) is 0. The first-order valence-electron chi connectivity index (χ1n) is 10.4. The first kappa shape index (κ1) is 20.0. The van der Waals surface area contributed by atoms with Gasteiger partial charge in [-0.2, -0.15) is 0 Å². The van der Waals surface area contributed by atoms with Crippen LogP contribution in [-0.4, -0.2) is 53.9 Å². The molecule has 2 N–H and O–H groups in total. The number of aryl methyl sites for hydroxylation is 1. The zero-order chi connectivity index (χ0) is 21.1. The quantitative estimate of drug-likeness (QED) is 0.687. The molecule has 4 rings (SSSR count). The lowest BCUT2D eigenvalue weighted by molar-refractivity contribution is -0.136. The molecule has 30 heavy (non-hydrogen) atoms. The van der Waals surface area contributed by atoms with Crippen molar-refractivity contribution in [3.63, 3.8) is 0 Å². The Balaban J connectivity index is 1.45. The average molecular weight is 405 g/mol. The molecule has 1 aliphatic heterocycles. The number of para-hydroxylation sites is 1. The van der Waals surface area contributed by atoms with Crippen LogP contribution in [0.4, 0.5) is 5.69 Å². The van der Waals surface area contributed by atoms with E-state index in [0.29, 0.717) is 19.5 Å². The first-order valence-corrected chi connectivity index (χ1v) is 10.4. The highest BCUT2D eigenvalue weighted by molar-refractivity contribution is 5.89. The van der Waals surface area contributed by atoms with E-state index in [2.05, 4.69) is 46.4 Å². The number of nitrogens with zero attached hydrogens (tertiary/aromatic N) is 2. The van der Waals surface area contributed by atoms with E-state index in [1.807, 2.05) is 35.4 Å². The number of rotatable bonds is 5. The predicted molar refractivity (Wildman–Crippen MR) is 120 cm³/mol. The Morgan fingerprint density at radius 2 is 1.83 bits per heavy atom. The second-order valence-electron chi connectivity index (χ2n) is 7.97. The smallest absolute Gasteiger partial charge is 0.245 e. The predicted octanol–water partition coefficient (Wildman–Crippen LogP) is 2.87. The second kappa shape index (κ2) is 8.61. The molecule has 0 radical (unpaired) electrons. The molecule has 1 saturated heterocycles. The van der Waals surface area contributed by atoms with E-state index >= 15 is 0 Å². The van der Waals surface area contributed by atoms with E-state index in [-0.39, 0.29) is 11.8 Å². The number of carbonyl (C=O) groups is 2. The van der Waals surface area contributed by atoms with E-state index < -0.39 is 6.04 Å². The summed E-state index contributed by atoms with van der Waals surface area (Å²) in [6.07, 6.45) is 2.41. The third-order valence-electron chi connectivity index (χ3n) is 5.73. The molecule has 0 saturated carbocycles. The van der Waals surface area contributed by atoms with Crippen LogP contribution in [0.5, 0.6) is 0 Å². The average Bonchev–Trinajstić information content (AvgIpc) is 3.15. The van der Waals surface area contributed by atoms with Crippen LogP contribution in [0.2, 0.25) is 0 Å². The Kier molecular flexibility index (Phi) is 5.74. The number of aromatic nitrogens is 1. The normalized spacial score (nSPS) is 15.3. The number of carbonyl (C=O) groups excluding carboxylic acids is 2. The summed E-state index contributed by atoms with van der Waals surface area (Å²) in [4.78, 5) is 32.5. The fraction of sp³-hybridized carbons (Fsp3) is 0.333. The number of anilines is 1. The minimum Gasteiger partial charge on any atom is -0.368 e. The number of benzene rings is 2. The van der Waals surface area contributed by atoms with Crippen molar-refractivity contribution in [1.29, 1.82) is 0 Å². The van der Waals surface area contributed by atoms with Gasteiger partial charge in [0.15, 0.2) is 0 Å². The summed E-state index contributed by atoms with van der Waals surface area (Å²) < 4.78 is 0. The zero-order valence-electron chi connectivity index (χ0n) is 17.5. The van der Waals surface area contributed by atoms with E-state index in [9.17, 15) is 9.59 Å². The Morgan fingerprint density at radius 3 is 2.57 bits per heavy atom. The molecule has 1 fully saturated rings. The maximum atomic E-state index is 13.3. The summed E-state index contributed by atoms with van der Waals surface area (Å²) in [6.45, 7) is 6.43. The van der Waals surface area contributed by atoms with Crippen molar-refractivity contribution >= 4 is 28.4 Å². The number of H-pyrrole nitrogens is 1. The third kappa shape index (κ3) is 4.32. The maximum Gasteiger partial charge on any atom is 0.245 e. The van der Waals surface area contributed by atoms with Crippen molar-refractivity contribution in [2.75, 3.05) is 31.1 Å². The Labute approximate surface area is 176 Å². The second-order valence-corrected chi connectivity index (χ2v) is 7.97. The largest absolute Gasteiger partial charge is 0.368 e. The van der Waals surface area contributed by atoms with Gasteiger partial charge in [0.05, 0.1) is 0 Å². The summed E-state index contributed by atoms with van der Waals surface area (Å²) in [6, 6.07) is 15.9. The van der Waals surface area contributed by atoms with Gasteiger partial charge in [-0.1, -0.05) is 30.3 Å². The number of fused-ring (bicyclic) bond motifs is 1. The van der Waals surface area contributed by atoms with Gasteiger partial charge in [-0.3, -0.25) is 9.59 Å². The van der Waals surface area contributed by atoms with Gasteiger partial charge in [0.25, 0.3) is 0 Å². The molecule has 0 aliphatic carbocycles. The van der Waals surface area contributed by atoms with E-state index in [0.717, 1.165) is 29.6 Å². The van der Waals surface area contributed by atoms with Gasteiger partial charge in [-0.15, -0.1) is 0 Å². The molecule has 0 spiro atoms. The zero-order valence-corrected chi connectivity index (χ0v) is 17.5. The molecule has 2 amide bonds. The van der Waals surface area contributed by atoms with Crippen LogP contribution in [0.25, 0.3) is 10.9 Å². The molecule has 1 atom stereocenters. The van der Waals surface area contributed by atoms with Crippen LogP contribution in [0.1, 0.15) is 18.1 Å². The number of amides is 2. The molecule has 6 nitrogen and oxygen atoms in total. The minimum atomic E-state index is -0.563. The van der Waals surface area contributed by atoms with Crippen molar-refractivity contribution in [3.8, 4) is 0 Å². The Hall–Kier alpha value is -3.28. The summed E-state index contributed by atoms with van der Waals surface area (Å²) in [5.74, 6) is -0.203. The van der Waals surface area contributed by atoms with E-state index in [4.69, 9.17) is 0 Å². The Morgan fingerprint density at radius 1 is 1.07 bits per heavy atom. The standard InChI is InChI=1S/C24H28N4O2/c1-17-6-5-7-20(14-17)27-10-12-28(13-11-27)24(30)23(26-18(2)29)15-19-16-25-22-9-4-3-8-21(19)22/h3-9,14,16,23,25H,10-13,15H2,1-2H3,(H,26,29)/t23-/m0/s1. The van der Waals surface area contributed by atoms with Gasteiger partial charge >= 0.3 is 0 Å². The van der Waals surface area contributed by atoms with Crippen LogP contribution < -0.4 is 10.2 Å². The molecule has 156 valence electrons. The van der Waals surface area contributed by atoms with Crippen LogP contribution in [0.3, 0.4) is 0 Å². The summed E-state index contributed by atoms with van der Waals surface area (Å²) in [5.41, 5.74) is 4.50. The highest BCUT2D eigenvalue weighted by Gasteiger charge is 2.29. The minimum absolute atomic E-state index is 0.0145. The lowest BCUT2D eigenvalue weighted by Crippen LogP contribution is -2.55. The lowest BCUT2D eigenvalue weighted by atomic mass is 10.0. The molecule has 3 aromatic rings. The molecular formula is C24H28N4O2. The summed E-state index contributed by atoms with van der Waals surface area (Å²) >= 11 is 0. The number of hydrogen-bond donors (Lipinski definition) is 2. The van der Waals surface area contributed by atoms with E-state index in [1.54, 1.807) is 0 Å². The molecule has 1 aromatic heterocycles. The molecular weight excluding hydrogens is 376 g/mol. The Bertz CT molecular complexity index is 1050. The van der Waals surface area contributed by atoms with Crippen molar-refractivity contribution in [1.82, 2.24) is 15.2 Å². The molecule has 2 aromatic carbocycles. The SMILES string of the molecule is CC(=O)N[C@@H](Cc1c[nH]c2ccccc12)C(=O)N1CCN(c2cccc(C)c2)CC1. The number of aromatic amines is 1. The topological polar surface area (TPSA) is 68.4 Å². The number of hydrogen-bond acceptors (Lipinski definition) is 3. The number of nitrogens with one attached hydrogen (secondary N) is 2. The monoisotopic (exact) mass is 404 g/mol. The van der Waals surface area contributed by atoms with Crippen LogP contribution in [0.15, 0.2) is 54.7 Å². The van der Waals surface area contributed by atoms with Crippen molar-refractivity contribution in [2.24, 2.45) is 0 Å². The fourth-order valence-electron chi connectivity index (χ4n) is 4.20. The molecule has 0 unspecified atom stereocenters. The lowest BCUT2D eigenvalue weighted by Gasteiger charge is -2.37. The van der Waals surface area contributed by atoms with Crippen LogP contribution >= 0.6 is 0 Å². The van der Waals surface area contributed by atoms with Gasteiger partial charge in [-0.25, -0.2) is 0 Å². The number of piperazine rings is 1. The summed E-state index contributed by atoms with van der Waals surface area (Å²) in [5, 5.41) is 3.96. The van der Waals surface area contributed by atoms with E-state index in [1.165, 1.54) is 18.2 Å². The maximum absolute atomic E-state index is 13.3. The van der Waals surface area contributed by atoms with Crippen LogP contribution in [0, 0.1) is 6.92 Å². The van der Waals surface area contributed by atoms with Gasteiger partial charge in [-0.05, 0) is 36.2 Å². The molecule has 1 aliphatic rings. The van der Waals surface area contributed by atoms with Crippen LogP contribution in [-0.2, 0) is 16.0 Å². The highest BCUT2D eigenvalue weighted by atomic mass is 16.2. The van der Waals surface area contributed by atoms with Crippen molar-refractivity contribution < 1.29 is 9.59 Å². The van der Waals surface area contributed by atoms with Gasteiger partial charge in [0.2, 0.25) is 11.8 Å². The van der Waals surface area contributed by atoms with Gasteiger partial charge in [0, 0.05) is 62.3 Å².